The van der Waals surface area contributed by atoms with Gasteiger partial charge in [0.1, 0.15) is 18.1 Å². The van der Waals surface area contributed by atoms with E-state index in [9.17, 15) is 14.4 Å². The molecule has 36 heavy (non-hydrogen) atoms. The van der Waals surface area contributed by atoms with Crippen molar-refractivity contribution in [2.45, 2.75) is 39.2 Å². The fraction of sp³-hybridized carbons (Fsp3) is 0.444. The molecule has 0 radical (unpaired) electrons. The lowest BCUT2D eigenvalue weighted by molar-refractivity contribution is -0.122. The number of carbonyl (C=O) groups is 3. The highest BCUT2D eigenvalue weighted by Gasteiger charge is 2.23. The third-order valence-corrected chi connectivity index (χ3v) is 6.08. The van der Waals surface area contributed by atoms with Gasteiger partial charge >= 0.3 is 0 Å². The van der Waals surface area contributed by atoms with Crippen molar-refractivity contribution in [3.63, 3.8) is 0 Å². The highest BCUT2D eigenvalue weighted by atomic mass is 35.5. The Labute approximate surface area is 217 Å². The number of rotatable bonds is 4. The number of benzene rings is 2. The molecule has 1 heterocycles. The molecular formula is C27H34ClN3O5. The molecule has 0 saturated carbocycles. The normalized spacial score (nSPS) is 17.7. The zero-order valence-electron chi connectivity index (χ0n) is 21.0. The molecule has 2 aromatic carbocycles. The van der Waals surface area contributed by atoms with Crippen LogP contribution in [0.5, 0.6) is 11.5 Å². The summed E-state index contributed by atoms with van der Waals surface area (Å²) in [7, 11) is 1.56. The molecule has 2 aromatic rings. The van der Waals surface area contributed by atoms with Gasteiger partial charge in [-0.3, -0.25) is 14.4 Å². The summed E-state index contributed by atoms with van der Waals surface area (Å²) in [6, 6.07) is 11.4. The first-order valence-electron chi connectivity index (χ1n) is 12.2. The highest BCUT2D eigenvalue weighted by molar-refractivity contribution is 6.31. The molecule has 3 rings (SSSR count). The number of hydrogen-bond acceptors (Lipinski definition) is 5. The molecule has 0 aliphatic carbocycles. The maximum Gasteiger partial charge on any atom is 0.255 e. The van der Waals surface area contributed by atoms with E-state index in [-0.39, 0.29) is 36.9 Å². The van der Waals surface area contributed by atoms with Crippen molar-refractivity contribution in [3.8, 4) is 11.5 Å². The monoisotopic (exact) mass is 515 g/mol. The van der Waals surface area contributed by atoms with Gasteiger partial charge in [0.2, 0.25) is 5.91 Å². The van der Waals surface area contributed by atoms with Gasteiger partial charge in [-0.2, -0.15) is 0 Å². The van der Waals surface area contributed by atoms with Crippen LogP contribution >= 0.6 is 11.6 Å². The van der Waals surface area contributed by atoms with Gasteiger partial charge in [0.05, 0.1) is 25.3 Å². The highest BCUT2D eigenvalue weighted by Crippen LogP contribution is 2.24. The molecule has 0 bridgehead atoms. The quantitative estimate of drug-likeness (QED) is 0.643. The maximum absolute atomic E-state index is 13.2. The van der Waals surface area contributed by atoms with Crippen LogP contribution in [0.3, 0.4) is 0 Å². The summed E-state index contributed by atoms with van der Waals surface area (Å²) in [4.78, 5) is 40.6. The first-order chi connectivity index (χ1) is 17.3. The smallest absolute Gasteiger partial charge is 0.255 e. The first kappa shape index (κ1) is 27.3. The molecule has 0 unspecified atom stereocenters. The van der Waals surface area contributed by atoms with Crippen LogP contribution in [0.1, 0.15) is 53.8 Å². The van der Waals surface area contributed by atoms with E-state index in [0.29, 0.717) is 65.9 Å². The zero-order valence-corrected chi connectivity index (χ0v) is 21.8. The Morgan fingerprint density at radius 2 is 1.92 bits per heavy atom. The topological polar surface area (TPSA) is 97.0 Å². The van der Waals surface area contributed by atoms with Crippen LogP contribution in [0.15, 0.2) is 42.5 Å². The SMILES string of the molecule is COc1ccc(C(=O)N2CCCCNC(=O)c3cc(Cl)ccc3OC[C@@H](CC(C)C)NC(=O)C2)cc1. The molecule has 194 valence electrons. The summed E-state index contributed by atoms with van der Waals surface area (Å²) in [5.74, 6) is 0.581. The van der Waals surface area contributed by atoms with Gasteiger partial charge < -0.3 is 25.0 Å². The molecular weight excluding hydrogens is 482 g/mol. The maximum atomic E-state index is 13.2. The molecule has 0 saturated heterocycles. The Hall–Kier alpha value is -3.26. The minimum Gasteiger partial charge on any atom is -0.497 e. The fourth-order valence-corrected chi connectivity index (χ4v) is 4.25. The van der Waals surface area contributed by atoms with Crippen molar-refractivity contribution in [1.82, 2.24) is 15.5 Å². The summed E-state index contributed by atoms with van der Waals surface area (Å²) in [6.07, 6.45) is 1.92. The zero-order chi connectivity index (χ0) is 26.1. The number of fused-ring (bicyclic) bond motifs is 1. The second kappa shape index (κ2) is 13.2. The van der Waals surface area contributed by atoms with E-state index in [1.54, 1.807) is 54.5 Å². The summed E-state index contributed by atoms with van der Waals surface area (Å²) in [6.45, 7) is 5.01. The Morgan fingerprint density at radius 3 is 2.61 bits per heavy atom. The van der Waals surface area contributed by atoms with E-state index < -0.39 is 0 Å². The minimum absolute atomic E-state index is 0.0714. The lowest BCUT2D eigenvalue weighted by atomic mass is 10.0. The van der Waals surface area contributed by atoms with Crippen molar-refractivity contribution in [3.05, 3.63) is 58.6 Å². The number of nitrogens with one attached hydrogen (secondary N) is 2. The third kappa shape index (κ3) is 7.88. The average Bonchev–Trinajstić information content (AvgIpc) is 2.85. The number of ether oxygens (including phenoxy) is 2. The van der Waals surface area contributed by atoms with Gasteiger partial charge in [-0.1, -0.05) is 25.4 Å². The number of amides is 3. The standard InChI is InChI=1S/C27H34ClN3O5/c1-18(2)14-21-17-36-24-11-8-20(28)15-23(24)26(33)29-12-4-5-13-31(16-25(32)30-21)27(34)19-6-9-22(35-3)10-7-19/h6-11,15,18,21H,4-5,12-14,16-17H2,1-3H3,(H,29,33)(H,30,32)/t21-/m1/s1. The summed E-state index contributed by atoms with van der Waals surface area (Å²) in [5, 5.41) is 6.36. The average molecular weight is 516 g/mol. The van der Waals surface area contributed by atoms with Gasteiger partial charge in [0.25, 0.3) is 11.8 Å². The predicted octanol–water partition coefficient (Wildman–Crippen LogP) is 3.92. The second-order valence-corrected chi connectivity index (χ2v) is 9.70. The summed E-state index contributed by atoms with van der Waals surface area (Å²) < 4.78 is 11.2. The Kier molecular flexibility index (Phi) is 9.99. The van der Waals surface area contributed by atoms with Gasteiger partial charge in [0, 0.05) is 23.7 Å². The van der Waals surface area contributed by atoms with Crippen molar-refractivity contribution in [1.29, 1.82) is 0 Å². The van der Waals surface area contributed by atoms with Crippen molar-refractivity contribution < 1.29 is 23.9 Å². The van der Waals surface area contributed by atoms with Crippen LogP contribution in [0.25, 0.3) is 0 Å². The van der Waals surface area contributed by atoms with Crippen LogP contribution in [0, 0.1) is 5.92 Å². The van der Waals surface area contributed by atoms with Crippen LogP contribution in [0.2, 0.25) is 5.02 Å². The molecule has 2 N–H and O–H groups in total. The molecule has 1 aliphatic rings. The van der Waals surface area contributed by atoms with Crippen molar-refractivity contribution in [2.75, 3.05) is 33.4 Å². The van der Waals surface area contributed by atoms with E-state index in [1.165, 1.54) is 0 Å². The lowest BCUT2D eigenvalue weighted by Gasteiger charge is -2.25. The number of hydrogen-bond donors (Lipinski definition) is 2. The van der Waals surface area contributed by atoms with Crippen LogP contribution in [-0.4, -0.2) is 62.0 Å². The third-order valence-electron chi connectivity index (χ3n) is 5.85. The molecule has 1 atom stereocenters. The molecule has 8 nitrogen and oxygen atoms in total. The summed E-state index contributed by atoms with van der Waals surface area (Å²) in [5.41, 5.74) is 0.826. The van der Waals surface area contributed by atoms with Crippen LogP contribution in [0.4, 0.5) is 0 Å². The van der Waals surface area contributed by atoms with E-state index in [2.05, 4.69) is 24.5 Å². The Balaban J connectivity index is 1.81. The number of carbonyl (C=O) groups excluding carboxylic acids is 3. The molecule has 0 aromatic heterocycles. The van der Waals surface area contributed by atoms with Gasteiger partial charge in [-0.15, -0.1) is 0 Å². The lowest BCUT2D eigenvalue weighted by Crippen LogP contribution is -2.46. The second-order valence-electron chi connectivity index (χ2n) is 9.26. The predicted molar refractivity (Wildman–Crippen MR) is 139 cm³/mol. The number of nitrogens with zero attached hydrogens (tertiary/aromatic N) is 1. The molecule has 3 amide bonds. The van der Waals surface area contributed by atoms with Crippen molar-refractivity contribution in [2.24, 2.45) is 5.92 Å². The minimum atomic E-state index is -0.299. The van der Waals surface area contributed by atoms with Gasteiger partial charge in [0.15, 0.2) is 0 Å². The number of methoxy groups -OCH3 is 1. The largest absolute Gasteiger partial charge is 0.497 e. The Morgan fingerprint density at radius 1 is 1.17 bits per heavy atom. The van der Waals surface area contributed by atoms with E-state index in [1.807, 2.05) is 0 Å². The summed E-state index contributed by atoms with van der Waals surface area (Å²) >= 11 is 6.13. The molecule has 0 fully saturated rings. The first-order valence-corrected chi connectivity index (χ1v) is 12.6. The Bertz CT molecular complexity index is 1060. The molecule has 0 spiro atoms. The molecule has 1 aliphatic heterocycles. The van der Waals surface area contributed by atoms with E-state index in [0.717, 1.165) is 0 Å². The van der Waals surface area contributed by atoms with Crippen LogP contribution < -0.4 is 20.1 Å². The van der Waals surface area contributed by atoms with E-state index >= 15 is 0 Å². The van der Waals surface area contributed by atoms with Crippen molar-refractivity contribution >= 4 is 29.3 Å². The van der Waals surface area contributed by atoms with Gasteiger partial charge in [-0.25, -0.2) is 0 Å². The number of halogens is 1. The van der Waals surface area contributed by atoms with Gasteiger partial charge in [-0.05, 0) is 67.6 Å². The molecule has 9 heteroatoms. The van der Waals surface area contributed by atoms with Crippen LogP contribution in [-0.2, 0) is 4.79 Å². The van der Waals surface area contributed by atoms with E-state index in [4.69, 9.17) is 21.1 Å². The fourth-order valence-electron chi connectivity index (χ4n) is 4.07.